The zero-order valence-corrected chi connectivity index (χ0v) is 29.1. The lowest BCUT2D eigenvalue weighted by molar-refractivity contribution is -0.120. The first kappa shape index (κ1) is 38.8. The van der Waals surface area contributed by atoms with E-state index < -0.39 is 59.8 Å². The highest BCUT2D eigenvalue weighted by Gasteiger charge is 2.34. The number of primary amides is 1. The Labute approximate surface area is 287 Å². The quantitative estimate of drug-likeness (QED) is 0.257. The van der Waals surface area contributed by atoms with E-state index in [4.69, 9.17) is 19.9 Å². The highest BCUT2D eigenvalue weighted by Crippen LogP contribution is 2.29. The molecule has 6 atom stereocenters. The number of allylic oxidation sites excluding steroid dienone is 4. The van der Waals surface area contributed by atoms with Crippen molar-refractivity contribution >= 4 is 29.5 Å². The summed E-state index contributed by atoms with van der Waals surface area (Å²) in [5.41, 5.74) is 7.07. The second-order valence-electron chi connectivity index (χ2n) is 12.4. The summed E-state index contributed by atoms with van der Waals surface area (Å²) in [6.07, 6.45) is 3.85. The molecular weight excluding hydrogens is 630 g/mol. The number of nitrogens with two attached hydrogens (primary N) is 1. The minimum Gasteiger partial charge on any atom is -0.439 e. The molecule has 1 aromatic rings. The lowest BCUT2D eigenvalue weighted by atomic mass is 9.85. The molecule has 1 aliphatic heterocycles. The van der Waals surface area contributed by atoms with Gasteiger partial charge in [0.25, 0.3) is 11.8 Å². The van der Waals surface area contributed by atoms with Gasteiger partial charge in [-0.3, -0.25) is 19.2 Å². The van der Waals surface area contributed by atoms with Crippen molar-refractivity contribution in [3.8, 4) is 0 Å². The molecule has 1 aromatic carbocycles. The number of carbonyl (C=O) groups excluding carboxylic acids is 5. The summed E-state index contributed by atoms with van der Waals surface area (Å²) < 4.78 is 16.6. The molecule has 0 fully saturated rings. The Balaban J connectivity index is 2.08. The van der Waals surface area contributed by atoms with Gasteiger partial charge in [0, 0.05) is 42.9 Å². The van der Waals surface area contributed by atoms with Crippen LogP contribution in [0.25, 0.3) is 0 Å². The molecule has 0 aromatic heterocycles. The largest absolute Gasteiger partial charge is 0.439 e. The third-order valence-electron chi connectivity index (χ3n) is 8.66. The van der Waals surface area contributed by atoms with Crippen molar-refractivity contribution in [2.24, 2.45) is 17.6 Å². The van der Waals surface area contributed by atoms with Gasteiger partial charge in [-0.05, 0) is 62.3 Å². The molecule has 12 heteroatoms. The summed E-state index contributed by atoms with van der Waals surface area (Å²) >= 11 is 0. The average Bonchev–Trinajstić information content (AvgIpc) is 3.07. The summed E-state index contributed by atoms with van der Waals surface area (Å²) in [4.78, 5) is 65.6. The van der Waals surface area contributed by atoms with E-state index in [9.17, 15) is 29.1 Å². The van der Waals surface area contributed by atoms with Crippen molar-refractivity contribution in [2.75, 3.05) is 14.2 Å². The molecule has 5 N–H and O–H groups in total. The Morgan fingerprint density at radius 3 is 2.33 bits per heavy atom. The van der Waals surface area contributed by atoms with E-state index in [0.29, 0.717) is 11.1 Å². The van der Waals surface area contributed by atoms with Gasteiger partial charge in [-0.1, -0.05) is 57.2 Å². The molecule has 2 bridgehead atoms. The van der Waals surface area contributed by atoms with E-state index >= 15 is 0 Å². The fourth-order valence-electron chi connectivity index (χ4n) is 5.80. The number of ketones is 2. The van der Waals surface area contributed by atoms with Gasteiger partial charge in [0.15, 0.2) is 6.10 Å². The number of hydrogen-bond donors (Lipinski definition) is 4. The van der Waals surface area contributed by atoms with Crippen LogP contribution in [0.4, 0.5) is 4.79 Å². The number of aliphatic hydroxyl groups excluding tert-OH is 1. The highest BCUT2D eigenvalue weighted by atomic mass is 16.6. The van der Waals surface area contributed by atoms with Crippen molar-refractivity contribution in [1.29, 1.82) is 0 Å². The fourth-order valence-corrected chi connectivity index (χ4v) is 5.80. The van der Waals surface area contributed by atoms with Gasteiger partial charge >= 0.3 is 6.09 Å². The molecule has 2 aliphatic rings. The summed E-state index contributed by atoms with van der Waals surface area (Å²) in [6, 6.07) is 6.92. The Morgan fingerprint density at radius 1 is 1.06 bits per heavy atom. The number of hydrogen-bond acceptors (Lipinski definition) is 9. The van der Waals surface area contributed by atoms with Crippen LogP contribution in [0.1, 0.15) is 63.4 Å². The molecule has 3 rings (SSSR count). The number of ether oxygens (including phenoxy) is 3. The summed E-state index contributed by atoms with van der Waals surface area (Å²) in [7, 11) is 2.88. The van der Waals surface area contributed by atoms with Crippen LogP contribution >= 0.6 is 0 Å². The number of amides is 3. The molecule has 1 heterocycles. The van der Waals surface area contributed by atoms with Crippen molar-refractivity contribution < 1.29 is 43.3 Å². The van der Waals surface area contributed by atoms with Crippen LogP contribution in [-0.2, 0) is 35.0 Å². The van der Waals surface area contributed by atoms with Crippen LogP contribution in [-0.4, -0.2) is 73.2 Å². The first-order valence-electron chi connectivity index (χ1n) is 16.2. The highest BCUT2D eigenvalue weighted by molar-refractivity contribution is 6.24. The van der Waals surface area contributed by atoms with Gasteiger partial charge in [-0.2, -0.15) is 0 Å². The number of carbonyl (C=O) groups is 5. The molecule has 49 heavy (non-hydrogen) atoms. The second kappa shape index (κ2) is 17.7. The van der Waals surface area contributed by atoms with Gasteiger partial charge in [-0.15, -0.1) is 0 Å². The van der Waals surface area contributed by atoms with E-state index in [1.165, 1.54) is 33.3 Å². The maximum Gasteiger partial charge on any atom is 0.405 e. The van der Waals surface area contributed by atoms with Gasteiger partial charge in [-0.25, -0.2) is 4.79 Å². The number of methoxy groups -OCH3 is 2. The number of fused-ring (bicyclic) bond motifs is 2. The van der Waals surface area contributed by atoms with Crippen molar-refractivity contribution in [3.63, 3.8) is 0 Å². The van der Waals surface area contributed by atoms with Crippen LogP contribution in [0, 0.1) is 11.8 Å². The van der Waals surface area contributed by atoms with Gasteiger partial charge in [0.2, 0.25) is 11.6 Å². The monoisotopic (exact) mass is 677 g/mol. The predicted octanol–water partition coefficient (Wildman–Crippen LogP) is 3.75. The predicted molar refractivity (Wildman–Crippen MR) is 183 cm³/mol. The number of aryl methyl sites for hydroxylation is 1. The molecule has 0 unspecified atom stereocenters. The third-order valence-corrected chi connectivity index (χ3v) is 8.66. The van der Waals surface area contributed by atoms with E-state index in [0.717, 1.165) is 18.1 Å². The summed E-state index contributed by atoms with van der Waals surface area (Å²) in [6.45, 7) is 8.83. The third kappa shape index (κ3) is 10.2. The molecule has 3 amide bonds. The van der Waals surface area contributed by atoms with E-state index in [1.807, 2.05) is 26.0 Å². The molecule has 1 aliphatic carbocycles. The first-order valence-corrected chi connectivity index (χ1v) is 16.2. The number of benzene rings is 1. The Morgan fingerprint density at radius 2 is 1.73 bits per heavy atom. The van der Waals surface area contributed by atoms with Crippen LogP contribution < -0.4 is 16.4 Å². The lowest BCUT2D eigenvalue weighted by Crippen LogP contribution is -2.38. The molecular formula is C37H47N3O9. The molecule has 0 saturated carbocycles. The summed E-state index contributed by atoms with van der Waals surface area (Å²) in [5.74, 6) is -3.31. The van der Waals surface area contributed by atoms with Gasteiger partial charge in [0.05, 0.1) is 23.6 Å². The van der Waals surface area contributed by atoms with Crippen LogP contribution in [0.3, 0.4) is 0 Å². The number of nitrogens with one attached hydrogen (secondary N) is 2. The fraction of sp³-hybridized carbons (Fsp3) is 0.432. The van der Waals surface area contributed by atoms with Crippen molar-refractivity contribution in [3.05, 3.63) is 93.9 Å². The number of rotatable bonds is 6. The number of aliphatic hydroxyl groups is 1. The zero-order chi connectivity index (χ0) is 36.4. The smallest absolute Gasteiger partial charge is 0.405 e. The topological polar surface area (TPSA) is 183 Å². The SMILES string of the molecule is CCc1ccc(C(=O)NC2=C3C[C@@H](C)C[C@H](OC)[C@H](O)[C@@H](C)/C=C(\C)[C@H](OC(N)=O)[C@@H](OC)/C=C\C=C(/C)C(=O)NC(=CC2=O)C3=O)cc1. The van der Waals surface area contributed by atoms with Gasteiger partial charge < -0.3 is 35.7 Å². The van der Waals surface area contributed by atoms with Crippen molar-refractivity contribution in [2.45, 2.75) is 78.3 Å². The zero-order valence-electron chi connectivity index (χ0n) is 29.1. The minimum atomic E-state index is -1.03. The molecule has 0 radical (unpaired) electrons. The minimum absolute atomic E-state index is 0.0239. The Bertz CT molecular complexity index is 1590. The molecule has 264 valence electrons. The Hall–Kier alpha value is -4.65. The normalized spacial score (nSPS) is 28.7. The maximum absolute atomic E-state index is 13.9. The molecule has 0 spiro atoms. The van der Waals surface area contributed by atoms with E-state index in [2.05, 4.69) is 10.6 Å². The van der Waals surface area contributed by atoms with Gasteiger partial charge in [0.1, 0.15) is 6.10 Å². The standard InChI is InChI=1S/C37H47N3O9/c1-8-24-12-14-25(15-13-24)36(45)40-31-26-16-20(2)17-30(48-7)32(42)22(4)18-23(5)34(49-37(38)46)29(47-6)11-9-10-21(3)35(44)39-27(33(26)43)19-28(31)41/h9-15,18-20,22,29-30,32,34,42H,8,16-17H2,1-7H3,(H2,38,46)(H,39,44)(H,40,45)/b11-9-,21-10+,23-18+/t20-,22+,29+,30+,32-,34+/m1/s1. The van der Waals surface area contributed by atoms with Crippen LogP contribution in [0.15, 0.2) is 82.8 Å². The average molecular weight is 678 g/mol. The first-order chi connectivity index (χ1) is 23.2. The van der Waals surface area contributed by atoms with Crippen molar-refractivity contribution in [1.82, 2.24) is 10.6 Å². The Kier molecular flexibility index (Phi) is 14.0. The molecule has 0 saturated heterocycles. The van der Waals surface area contributed by atoms with E-state index in [-0.39, 0.29) is 41.3 Å². The lowest BCUT2D eigenvalue weighted by Gasteiger charge is -2.30. The maximum atomic E-state index is 13.9. The summed E-state index contributed by atoms with van der Waals surface area (Å²) in [5, 5.41) is 16.5. The van der Waals surface area contributed by atoms with Crippen LogP contribution in [0.2, 0.25) is 0 Å². The molecule has 12 nitrogen and oxygen atoms in total. The number of Topliss-reactive ketones (excluding diaryl/α,β-unsaturated/α-hetero) is 1. The van der Waals surface area contributed by atoms with Crippen LogP contribution in [0.5, 0.6) is 0 Å². The second-order valence-corrected chi connectivity index (χ2v) is 12.4. The van der Waals surface area contributed by atoms with E-state index in [1.54, 1.807) is 38.1 Å².